The van der Waals surface area contributed by atoms with Crippen LogP contribution in [0.3, 0.4) is 0 Å². The molecule has 0 aliphatic carbocycles. The average Bonchev–Trinajstić information content (AvgIpc) is 2.88. The zero-order chi connectivity index (χ0) is 11.4. The van der Waals surface area contributed by atoms with Gasteiger partial charge in [0.15, 0.2) is 12.1 Å². The van der Waals surface area contributed by atoms with Crippen LogP contribution in [0, 0.1) is 0 Å². The molecule has 4 aliphatic rings. The standard InChI is InChI=1S/C10H10N4O3/c15-2-6-7-8(17-7)10(16-6)14-1-5-9(13-4-14)12-3-11-5/h1,3-4,6-8,10,15H,2H2/t6-,7+,8+,10-/m1/s1. The van der Waals surface area contributed by atoms with Gasteiger partial charge < -0.3 is 19.1 Å². The van der Waals surface area contributed by atoms with E-state index >= 15 is 0 Å². The van der Waals surface area contributed by atoms with Gasteiger partial charge in [0, 0.05) is 6.20 Å². The number of epoxide rings is 1. The third-order valence-electron chi connectivity index (χ3n) is 3.19. The second-order valence-electron chi connectivity index (χ2n) is 4.22. The Balaban J connectivity index is 1.69. The van der Waals surface area contributed by atoms with Crippen molar-refractivity contribution in [1.29, 1.82) is 0 Å². The van der Waals surface area contributed by atoms with Crippen molar-refractivity contribution in [2.75, 3.05) is 6.61 Å². The number of rotatable bonds is 2. The van der Waals surface area contributed by atoms with Crippen molar-refractivity contribution in [3.63, 3.8) is 0 Å². The first kappa shape index (κ1) is 9.46. The molecule has 2 saturated heterocycles. The third kappa shape index (κ3) is 1.30. The fourth-order valence-electron chi connectivity index (χ4n) is 2.28. The Labute approximate surface area is 96.4 Å². The number of nitrogens with zero attached hydrogens (tertiary/aromatic N) is 4. The SMILES string of the molecule is OC[C@H]1O[C@@H](n2cnc3ncnc-3c2)[C@H]2O[C@H]21. The van der Waals surface area contributed by atoms with E-state index in [4.69, 9.17) is 14.6 Å². The molecule has 4 aliphatic heterocycles. The summed E-state index contributed by atoms with van der Waals surface area (Å²) in [5.74, 6) is 0.617. The van der Waals surface area contributed by atoms with Gasteiger partial charge in [-0.3, -0.25) is 0 Å². The minimum Gasteiger partial charge on any atom is -0.394 e. The van der Waals surface area contributed by atoms with E-state index in [2.05, 4.69) is 15.0 Å². The zero-order valence-electron chi connectivity index (χ0n) is 8.80. The first-order valence-electron chi connectivity index (χ1n) is 5.43. The molecule has 17 heavy (non-hydrogen) atoms. The molecule has 7 heteroatoms. The van der Waals surface area contributed by atoms with Crippen molar-refractivity contribution in [2.24, 2.45) is 0 Å². The Morgan fingerprint density at radius 2 is 2.18 bits per heavy atom. The number of ether oxygens (including phenoxy) is 2. The van der Waals surface area contributed by atoms with E-state index in [1.54, 1.807) is 6.33 Å². The van der Waals surface area contributed by atoms with Crippen molar-refractivity contribution in [3.8, 4) is 11.5 Å². The fourth-order valence-corrected chi connectivity index (χ4v) is 2.28. The molecule has 0 aromatic carbocycles. The molecule has 4 atom stereocenters. The Kier molecular flexibility index (Phi) is 1.79. The van der Waals surface area contributed by atoms with Gasteiger partial charge in [-0.05, 0) is 0 Å². The molecule has 4 rings (SSSR count). The molecule has 0 aromatic heterocycles. The smallest absolute Gasteiger partial charge is 0.182 e. The monoisotopic (exact) mass is 234 g/mol. The Hall–Kier alpha value is -1.57. The first-order chi connectivity index (χ1) is 8.36. The van der Waals surface area contributed by atoms with Gasteiger partial charge in [-0.1, -0.05) is 0 Å². The van der Waals surface area contributed by atoms with Gasteiger partial charge in [0.1, 0.15) is 30.3 Å². The van der Waals surface area contributed by atoms with E-state index in [-0.39, 0.29) is 31.1 Å². The zero-order valence-corrected chi connectivity index (χ0v) is 8.80. The molecule has 0 radical (unpaired) electrons. The second-order valence-corrected chi connectivity index (χ2v) is 4.22. The molecular formula is C10H10N4O3. The highest BCUT2D eigenvalue weighted by molar-refractivity contribution is 5.47. The maximum atomic E-state index is 9.11. The second kappa shape index (κ2) is 3.22. The van der Waals surface area contributed by atoms with Crippen molar-refractivity contribution in [1.82, 2.24) is 19.5 Å². The van der Waals surface area contributed by atoms with Crippen molar-refractivity contribution < 1.29 is 14.6 Å². The van der Waals surface area contributed by atoms with Crippen LogP contribution >= 0.6 is 0 Å². The average molecular weight is 234 g/mol. The maximum Gasteiger partial charge on any atom is 0.182 e. The summed E-state index contributed by atoms with van der Waals surface area (Å²) < 4.78 is 12.9. The van der Waals surface area contributed by atoms with E-state index in [0.29, 0.717) is 5.82 Å². The maximum absolute atomic E-state index is 9.11. The summed E-state index contributed by atoms with van der Waals surface area (Å²) in [6.45, 7) is -0.0237. The van der Waals surface area contributed by atoms with E-state index in [9.17, 15) is 0 Å². The van der Waals surface area contributed by atoms with E-state index in [1.807, 2.05) is 10.8 Å². The number of imidazole rings is 1. The lowest BCUT2D eigenvalue weighted by atomic mass is 10.2. The lowest BCUT2D eigenvalue weighted by molar-refractivity contribution is -0.0842. The van der Waals surface area contributed by atoms with Crippen LogP contribution in [-0.2, 0) is 9.47 Å². The molecule has 0 saturated carbocycles. The van der Waals surface area contributed by atoms with Gasteiger partial charge in [0.2, 0.25) is 0 Å². The van der Waals surface area contributed by atoms with Gasteiger partial charge in [0.25, 0.3) is 0 Å². The number of hydrogen-bond donors (Lipinski definition) is 1. The number of aliphatic hydroxyl groups excluding tert-OH is 1. The molecule has 2 fully saturated rings. The summed E-state index contributed by atoms with van der Waals surface area (Å²) in [5, 5.41) is 9.11. The predicted molar refractivity (Wildman–Crippen MR) is 54.1 cm³/mol. The fraction of sp³-hybridized carbons (Fsp3) is 0.500. The Morgan fingerprint density at radius 3 is 3.00 bits per heavy atom. The molecule has 4 heterocycles. The summed E-state index contributed by atoms with van der Waals surface area (Å²) >= 11 is 0. The number of aliphatic hydroxyl groups is 1. The van der Waals surface area contributed by atoms with Crippen LogP contribution < -0.4 is 0 Å². The van der Waals surface area contributed by atoms with Crippen molar-refractivity contribution in [3.05, 3.63) is 18.9 Å². The normalized spacial score (nSPS) is 35.1. The Bertz CT molecular complexity index is 530. The highest BCUT2D eigenvalue weighted by Crippen LogP contribution is 2.44. The predicted octanol–water partition coefficient (Wildman–Crippen LogP) is -0.565. The molecule has 0 amide bonds. The minimum absolute atomic E-state index is 0.0129. The largest absolute Gasteiger partial charge is 0.394 e. The molecule has 1 N–H and O–H groups in total. The summed E-state index contributed by atoms with van der Waals surface area (Å²) in [5.41, 5.74) is 0.723. The summed E-state index contributed by atoms with van der Waals surface area (Å²) in [7, 11) is 0. The lowest BCUT2D eigenvalue weighted by Crippen LogP contribution is -2.22. The summed E-state index contributed by atoms with van der Waals surface area (Å²) in [6, 6.07) is 0. The minimum atomic E-state index is -0.237. The summed E-state index contributed by atoms with van der Waals surface area (Å²) in [6.07, 6.45) is 4.52. The first-order valence-corrected chi connectivity index (χ1v) is 5.43. The van der Waals surface area contributed by atoms with Crippen LogP contribution in [0.2, 0.25) is 0 Å². The highest BCUT2D eigenvalue weighted by atomic mass is 16.7. The van der Waals surface area contributed by atoms with Crippen LogP contribution in [0.25, 0.3) is 11.5 Å². The van der Waals surface area contributed by atoms with Gasteiger partial charge in [-0.15, -0.1) is 0 Å². The van der Waals surface area contributed by atoms with E-state index in [0.717, 1.165) is 5.69 Å². The quantitative estimate of drug-likeness (QED) is 0.701. The highest BCUT2D eigenvalue weighted by Gasteiger charge is 2.58. The van der Waals surface area contributed by atoms with Crippen molar-refractivity contribution >= 4 is 0 Å². The number of aromatic nitrogens is 4. The molecule has 88 valence electrons. The topological polar surface area (TPSA) is 85.6 Å². The van der Waals surface area contributed by atoms with Crippen LogP contribution in [0.4, 0.5) is 0 Å². The van der Waals surface area contributed by atoms with Crippen LogP contribution in [0.5, 0.6) is 0 Å². The number of hydrogen-bond acceptors (Lipinski definition) is 6. The van der Waals surface area contributed by atoms with Crippen molar-refractivity contribution in [2.45, 2.75) is 24.5 Å². The van der Waals surface area contributed by atoms with Gasteiger partial charge >= 0.3 is 0 Å². The van der Waals surface area contributed by atoms with E-state index in [1.165, 1.54) is 6.33 Å². The third-order valence-corrected chi connectivity index (χ3v) is 3.19. The molecular weight excluding hydrogens is 224 g/mol. The van der Waals surface area contributed by atoms with Gasteiger partial charge in [-0.25, -0.2) is 15.0 Å². The molecule has 7 nitrogen and oxygen atoms in total. The molecule has 0 bridgehead atoms. The van der Waals surface area contributed by atoms with Crippen LogP contribution in [0.1, 0.15) is 6.23 Å². The van der Waals surface area contributed by atoms with Gasteiger partial charge in [-0.2, -0.15) is 0 Å². The lowest BCUT2D eigenvalue weighted by Gasteiger charge is -2.18. The molecule has 0 unspecified atom stereocenters. The van der Waals surface area contributed by atoms with Gasteiger partial charge in [0.05, 0.1) is 12.9 Å². The molecule has 0 spiro atoms. The number of fused-ring (bicyclic) bond motifs is 2. The summed E-state index contributed by atoms with van der Waals surface area (Å²) in [4.78, 5) is 12.3. The molecule has 0 aromatic rings. The van der Waals surface area contributed by atoms with E-state index < -0.39 is 0 Å². The van der Waals surface area contributed by atoms with Crippen LogP contribution in [0.15, 0.2) is 18.9 Å². The Morgan fingerprint density at radius 1 is 1.24 bits per heavy atom. The van der Waals surface area contributed by atoms with Crippen LogP contribution in [-0.4, -0.2) is 49.5 Å².